The Balaban J connectivity index is 0.000000631. The first kappa shape index (κ1) is 16.9. The van der Waals surface area contributed by atoms with Crippen molar-refractivity contribution in [3.8, 4) is 0 Å². The van der Waals surface area contributed by atoms with Gasteiger partial charge in [-0.25, -0.2) is 0 Å². The summed E-state index contributed by atoms with van der Waals surface area (Å²) >= 11 is 1.13. The van der Waals surface area contributed by atoms with E-state index in [1.807, 2.05) is 30.3 Å². The van der Waals surface area contributed by atoms with Crippen molar-refractivity contribution >= 4 is 33.6 Å². The standard InChI is InChI=1S/C10H11NO2S.C2H6OS/c1-8(12)11-7-10(13)14-9-5-3-2-4-6-9;1-4(2)3/h2-6H,7H2,1H3,(H,11,12);1-2H3. The molecule has 1 aromatic rings. The molecule has 0 heterocycles. The Morgan fingerprint density at radius 2 is 1.72 bits per heavy atom. The van der Waals surface area contributed by atoms with Crippen LogP contribution in [-0.2, 0) is 20.4 Å². The molecule has 18 heavy (non-hydrogen) atoms. The molecule has 0 atom stereocenters. The molecule has 0 saturated heterocycles. The molecule has 1 amide bonds. The molecule has 0 aromatic heterocycles. The molecule has 0 radical (unpaired) electrons. The Hall–Kier alpha value is -1.14. The lowest BCUT2D eigenvalue weighted by Crippen LogP contribution is -2.25. The van der Waals surface area contributed by atoms with Gasteiger partial charge in [0, 0.05) is 35.1 Å². The smallest absolute Gasteiger partial charge is 0.217 e. The molecular formula is C12H17NO3S2. The molecule has 1 aromatic carbocycles. The van der Waals surface area contributed by atoms with Crippen LogP contribution in [0.4, 0.5) is 0 Å². The minimum absolute atomic E-state index is 0.0635. The first-order valence-corrected chi connectivity index (χ1v) is 7.95. The van der Waals surface area contributed by atoms with Crippen molar-refractivity contribution in [2.45, 2.75) is 11.8 Å². The van der Waals surface area contributed by atoms with Gasteiger partial charge < -0.3 is 5.32 Å². The van der Waals surface area contributed by atoms with Crippen molar-refractivity contribution in [2.24, 2.45) is 0 Å². The third kappa shape index (κ3) is 11.3. The van der Waals surface area contributed by atoms with E-state index in [9.17, 15) is 13.8 Å². The van der Waals surface area contributed by atoms with E-state index in [-0.39, 0.29) is 17.6 Å². The summed E-state index contributed by atoms with van der Waals surface area (Å²) in [6.07, 6.45) is 3.28. The van der Waals surface area contributed by atoms with E-state index in [1.165, 1.54) is 6.92 Å². The summed E-state index contributed by atoms with van der Waals surface area (Å²) in [5, 5.41) is 2.39. The normalized spacial score (nSPS) is 9.33. The Morgan fingerprint density at radius 1 is 1.22 bits per heavy atom. The fourth-order valence-corrected chi connectivity index (χ4v) is 1.55. The number of carbonyl (C=O) groups excluding carboxylic acids is 2. The summed E-state index contributed by atoms with van der Waals surface area (Å²) in [6.45, 7) is 1.47. The monoisotopic (exact) mass is 287 g/mol. The van der Waals surface area contributed by atoms with Crippen LogP contribution >= 0.6 is 11.8 Å². The van der Waals surface area contributed by atoms with Crippen LogP contribution in [0.3, 0.4) is 0 Å². The molecule has 100 valence electrons. The van der Waals surface area contributed by atoms with Crippen LogP contribution in [0.1, 0.15) is 6.92 Å². The number of rotatable bonds is 3. The Bertz CT molecular complexity index is 403. The zero-order valence-corrected chi connectivity index (χ0v) is 12.3. The minimum atomic E-state index is -0.611. The van der Waals surface area contributed by atoms with Gasteiger partial charge in [-0.2, -0.15) is 0 Å². The van der Waals surface area contributed by atoms with Crippen LogP contribution in [-0.4, -0.2) is 34.3 Å². The topological polar surface area (TPSA) is 63.2 Å². The maximum absolute atomic E-state index is 11.3. The molecule has 1 N–H and O–H groups in total. The van der Waals surface area contributed by atoms with E-state index in [0.29, 0.717) is 0 Å². The van der Waals surface area contributed by atoms with Gasteiger partial charge in [-0.15, -0.1) is 0 Å². The van der Waals surface area contributed by atoms with Crippen molar-refractivity contribution in [3.63, 3.8) is 0 Å². The quantitative estimate of drug-likeness (QED) is 0.854. The van der Waals surface area contributed by atoms with Gasteiger partial charge in [-0.05, 0) is 12.1 Å². The molecule has 1 rings (SSSR count). The van der Waals surface area contributed by atoms with Gasteiger partial charge in [0.05, 0.1) is 6.54 Å². The number of hydrogen-bond acceptors (Lipinski definition) is 4. The maximum atomic E-state index is 11.3. The molecule has 0 aliphatic heterocycles. The molecule has 0 fully saturated rings. The molecule has 0 aliphatic carbocycles. The third-order valence-electron chi connectivity index (χ3n) is 1.46. The lowest BCUT2D eigenvalue weighted by atomic mass is 10.4. The molecule has 6 heteroatoms. The van der Waals surface area contributed by atoms with Crippen molar-refractivity contribution in [1.29, 1.82) is 0 Å². The molecule has 4 nitrogen and oxygen atoms in total. The van der Waals surface area contributed by atoms with Crippen molar-refractivity contribution < 1.29 is 13.8 Å². The number of carbonyl (C=O) groups is 2. The lowest BCUT2D eigenvalue weighted by Gasteiger charge is -2.00. The first-order valence-electron chi connectivity index (χ1n) is 5.17. The Labute approximate surface area is 114 Å². The fraction of sp³-hybridized carbons (Fsp3) is 0.333. The summed E-state index contributed by atoms with van der Waals surface area (Å²) in [5.74, 6) is -0.188. The predicted octanol–water partition coefficient (Wildman–Crippen LogP) is 1.44. The van der Waals surface area contributed by atoms with Gasteiger partial charge in [0.15, 0.2) is 0 Å². The van der Waals surface area contributed by atoms with Crippen molar-refractivity contribution in [3.05, 3.63) is 30.3 Å². The highest BCUT2D eigenvalue weighted by Gasteiger charge is 2.04. The highest BCUT2D eigenvalue weighted by Crippen LogP contribution is 2.16. The first-order chi connectivity index (χ1) is 8.41. The van der Waals surface area contributed by atoms with E-state index in [4.69, 9.17) is 0 Å². The predicted molar refractivity (Wildman–Crippen MR) is 76.0 cm³/mol. The lowest BCUT2D eigenvalue weighted by molar-refractivity contribution is -0.121. The van der Waals surface area contributed by atoms with E-state index in [0.717, 1.165) is 16.7 Å². The van der Waals surface area contributed by atoms with Crippen LogP contribution in [0.25, 0.3) is 0 Å². The molecule has 0 spiro atoms. The molecule has 0 bridgehead atoms. The minimum Gasteiger partial charge on any atom is -0.348 e. The third-order valence-corrected chi connectivity index (χ3v) is 2.34. The number of amides is 1. The SMILES string of the molecule is CC(=O)NCC(=O)Sc1ccccc1.CS(C)=O. The zero-order valence-electron chi connectivity index (χ0n) is 10.6. The number of nitrogens with one attached hydrogen (secondary N) is 1. The maximum Gasteiger partial charge on any atom is 0.217 e. The summed E-state index contributed by atoms with van der Waals surface area (Å²) in [4.78, 5) is 22.7. The molecular weight excluding hydrogens is 270 g/mol. The van der Waals surface area contributed by atoms with Crippen LogP contribution in [0.5, 0.6) is 0 Å². The van der Waals surface area contributed by atoms with Gasteiger partial charge in [0.25, 0.3) is 0 Å². The van der Waals surface area contributed by atoms with Gasteiger partial charge in [-0.1, -0.05) is 30.0 Å². The average Bonchev–Trinajstić information content (AvgIpc) is 2.27. The van der Waals surface area contributed by atoms with E-state index in [1.54, 1.807) is 12.5 Å². The van der Waals surface area contributed by atoms with E-state index >= 15 is 0 Å². The summed E-state index contributed by atoms with van der Waals surface area (Å²) in [6, 6.07) is 9.34. The van der Waals surface area contributed by atoms with Crippen LogP contribution in [0.2, 0.25) is 0 Å². The number of thioether (sulfide) groups is 1. The highest BCUT2D eigenvalue weighted by molar-refractivity contribution is 8.13. The van der Waals surface area contributed by atoms with Crippen molar-refractivity contribution in [2.75, 3.05) is 19.1 Å². The zero-order chi connectivity index (χ0) is 14.0. The van der Waals surface area contributed by atoms with Crippen LogP contribution in [0.15, 0.2) is 35.2 Å². The van der Waals surface area contributed by atoms with E-state index in [2.05, 4.69) is 5.32 Å². The number of benzene rings is 1. The highest BCUT2D eigenvalue weighted by atomic mass is 32.2. The van der Waals surface area contributed by atoms with Gasteiger partial charge in [0.1, 0.15) is 0 Å². The second kappa shape index (κ2) is 9.85. The molecule has 0 aliphatic rings. The summed E-state index contributed by atoms with van der Waals surface area (Å²) in [5.41, 5.74) is 0. The Morgan fingerprint density at radius 3 is 2.17 bits per heavy atom. The molecule has 0 saturated carbocycles. The van der Waals surface area contributed by atoms with Crippen LogP contribution < -0.4 is 5.32 Å². The van der Waals surface area contributed by atoms with Gasteiger partial charge >= 0.3 is 0 Å². The number of hydrogen-bond donors (Lipinski definition) is 1. The van der Waals surface area contributed by atoms with Gasteiger partial charge in [0.2, 0.25) is 11.0 Å². The van der Waals surface area contributed by atoms with E-state index < -0.39 is 10.8 Å². The Kier molecular flexibility index (Phi) is 9.22. The summed E-state index contributed by atoms with van der Waals surface area (Å²) in [7, 11) is -0.611. The summed E-state index contributed by atoms with van der Waals surface area (Å²) < 4.78 is 9.56. The second-order valence-corrected chi connectivity index (χ2v) is 6.05. The molecule has 0 unspecified atom stereocenters. The average molecular weight is 287 g/mol. The van der Waals surface area contributed by atoms with Crippen LogP contribution in [0, 0.1) is 0 Å². The van der Waals surface area contributed by atoms with Crippen molar-refractivity contribution in [1.82, 2.24) is 5.32 Å². The fourth-order valence-electron chi connectivity index (χ4n) is 0.853. The second-order valence-electron chi connectivity index (χ2n) is 3.44. The largest absolute Gasteiger partial charge is 0.348 e. The van der Waals surface area contributed by atoms with Gasteiger partial charge in [-0.3, -0.25) is 13.8 Å².